The standard InChI is InChI=1S/C12H14N2/c1-2-13-11-6-5-7-12(10-11)14-8-3-4-9-14/h3-10,13H,2H2,1H3. The Morgan fingerprint density at radius 1 is 1.14 bits per heavy atom. The van der Waals surface area contributed by atoms with Crippen LogP contribution in [0.15, 0.2) is 48.8 Å². The summed E-state index contributed by atoms with van der Waals surface area (Å²) in [5, 5.41) is 3.30. The molecule has 14 heavy (non-hydrogen) atoms. The molecule has 0 atom stereocenters. The maximum atomic E-state index is 3.30. The summed E-state index contributed by atoms with van der Waals surface area (Å²) in [5.74, 6) is 0. The summed E-state index contributed by atoms with van der Waals surface area (Å²) in [5.41, 5.74) is 2.35. The van der Waals surface area contributed by atoms with Gasteiger partial charge in [-0.3, -0.25) is 0 Å². The van der Waals surface area contributed by atoms with Gasteiger partial charge in [-0.15, -0.1) is 0 Å². The summed E-state index contributed by atoms with van der Waals surface area (Å²) in [6.07, 6.45) is 4.09. The van der Waals surface area contributed by atoms with Crippen LogP contribution in [0, 0.1) is 0 Å². The van der Waals surface area contributed by atoms with Gasteiger partial charge in [-0.2, -0.15) is 0 Å². The molecule has 1 aromatic heterocycles. The van der Waals surface area contributed by atoms with Gasteiger partial charge in [0.05, 0.1) is 0 Å². The number of aromatic nitrogens is 1. The second kappa shape index (κ2) is 4.01. The minimum atomic E-state index is 0.954. The number of anilines is 1. The Bertz CT molecular complexity index is 390. The smallest absolute Gasteiger partial charge is 0.0469 e. The zero-order valence-corrected chi connectivity index (χ0v) is 8.27. The van der Waals surface area contributed by atoms with Crippen molar-refractivity contribution in [3.8, 4) is 5.69 Å². The van der Waals surface area contributed by atoms with Gasteiger partial charge in [-0.25, -0.2) is 0 Å². The SMILES string of the molecule is CCNc1cccc(-n2cccc2)c1. The van der Waals surface area contributed by atoms with Crippen molar-refractivity contribution < 1.29 is 0 Å². The summed E-state index contributed by atoms with van der Waals surface area (Å²) in [7, 11) is 0. The van der Waals surface area contributed by atoms with Crippen molar-refractivity contribution >= 4 is 5.69 Å². The van der Waals surface area contributed by atoms with Crippen LogP contribution in [0.5, 0.6) is 0 Å². The van der Waals surface area contributed by atoms with Crippen LogP contribution in [0.2, 0.25) is 0 Å². The molecule has 0 saturated heterocycles. The Kier molecular flexibility index (Phi) is 2.54. The number of rotatable bonds is 3. The van der Waals surface area contributed by atoms with E-state index in [0.29, 0.717) is 0 Å². The molecule has 2 rings (SSSR count). The first-order valence-corrected chi connectivity index (χ1v) is 4.87. The summed E-state index contributed by atoms with van der Waals surface area (Å²) in [6.45, 7) is 3.05. The van der Waals surface area contributed by atoms with Gasteiger partial charge < -0.3 is 9.88 Å². The lowest BCUT2D eigenvalue weighted by Gasteiger charge is -2.06. The van der Waals surface area contributed by atoms with E-state index in [2.05, 4.69) is 41.1 Å². The third kappa shape index (κ3) is 1.79. The van der Waals surface area contributed by atoms with E-state index in [1.165, 1.54) is 11.4 Å². The third-order valence-corrected chi connectivity index (χ3v) is 2.13. The predicted molar refractivity (Wildman–Crippen MR) is 59.9 cm³/mol. The first kappa shape index (κ1) is 8.88. The van der Waals surface area contributed by atoms with E-state index in [1.807, 2.05) is 24.5 Å². The Hall–Kier alpha value is -1.70. The highest BCUT2D eigenvalue weighted by molar-refractivity contribution is 5.51. The number of nitrogens with one attached hydrogen (secondary N) is 1. The molecule has 1 aromatic carbocycles. The molecular weight excluding hydrogens is 172 g/mol. The van der Waals surface area contributed by atoms with Crippen molar-refractivity contribution in [1.29, 1.82) is 0 Å². The highest BCUT2D eigenvalue weighted by Crippen LogP contribution is 2.14. The predicted octanol–water partition coefficient (Wildman–Crippen LogP) is 2.91. The number of nitrogens with zero attached hydrogens (tertiary/aromatic N) is 1. The second-order valence-electron chi connectivity index (χ2n) is 3.17. The fraction of sp³-hybridized carbons (Fsp3) is 0.167. The van der Waals surface area contributed by atoms with E-state index in [9.17, 15) is 0 Å². The van der Waals surface area contributed by atoms with E-state index in [4.69, 9.17) is 0 Å². The second-order valence-corrected chi connectivity index (χ2v) is 3.17. The van der Waals surface area contributed by atoms with Gasteiger partial charge in [0.2, 0.25) is 0 Å². The van der Waals surface area contributed by atoms with Gasteiger partial charge in [-0.1, -0.05) is 6.07 Å². The minimum absolute atomic E-state index is 0.954. The van der Waals surface area contributed by atoms with Crippen LogP contribution in [0.4, 0.5) is 5.69 Å². The highest BCUT2D eigenvalue weighted by Gasteiger charge is 1.95. The summed E-state index contributed by atoms with van der Waals surface area (Å²) in [4.78, 5) is 0. The van der Waals surface area contributed by atoms with E-state index < -0.39 is 0 Å². The molecule has 2 aromatic rings. The average Bonchev–Trinajstić information content (AvgIpc) is 2.71. The molecule has 1 heterocycles. The molecule has 0 spiro atoms. The molecule has 0 bridgehead atoms. The molecule has 0 unspecified atom stereocenters. The van der Waals surface area contributed by atoms with Crippen LogP contribution in [-0.4, -0.2) is 11.1 Å². The van der Waals surface area contributed by atoms with Crippen LogP contribution in [-0.2, 0) is 0 Å². The molecule has 0 radical (unpaired) electrons. The van der Waals surface area contributed by atoms with E-state index >= 15 is 0 Å². The number of hydrogen-bond acceptors (Lipinski definition) is 1. The molecule has 0 aliphatic heterocycles. The van der Waals surface area contributed by atoms with E-state index in [1.54, 1.807) is 0 Å². The molecule has 0 aliphatic carbocycles. The lowest BCUT2D eigenvalue weighted by molar-refractivity contribution is 1.08. The zero-order valence-electron chi connectivity index (χ0n) is 8.27. The van der Waals surface area contributed by atoms with Crippen LogP contribution >= 0.6 is 0 Å². The van der Waals surface area contributed by atoms with Crippen LogP contribution in [0.3, 0.4) is 0 Å². The van der Waals surface area contributed by atoms with Crippen molar-refractivity contribution in [2.75, 3.05) is 11.9 Å². The first-order valence-electron chi connectivity index (χ1n) is 4.87. The summed E-state index contributed by atoms with van der Waals surface area (Å²) >= 11 is 0. The topological polar surface area (TPSA) is 17.0 Å². The minimum Gasteiger partial charge on any atom is -0.385 e. The molecule has 1 N–H and O–H groups in total. The van der Waals surface area contributed by atoms with Crippen LogP contribution < -0.4 is 5.32 Å². The van der Waals surface area contributed by atoms with Crippen molar-refractivity contribution in [3.63, 3.8) is 0 Å². The summed E-state index contributed by atoms with van der Waals surface area (Å²) in [6, 6.07) is 12.4. The largest absolute Gasteiger partial charge is 0.385 e. The van der Waals surface area contributed by atoms with Crippen LogP contribution in [0.25, 0.3) is 5.69 Å². The molecule has 0 aliphatic rings. The normalized spacial score (nSPS) is 10.1. The van der Waals surface area contributed by atoms with Crippen LogP contribution in [0.1, 0.15) is 6.92 Å². The fourth-order valence-corrected chi connectivity index (χ4v) is 1.49. The van der Waals surface area contributed by atoms with Gasteiger partial charge in [0.25, 0.3) is 0 Å². The maximum Gasteiger partial charge on any atom is 0.0469 e. The van der Waals surface area contributed by atoms with Crippen molar-refractivity contribution in [2.24, 2.45) is 0 Å². The first-order chi connectivity index (χ1) is 6.90. The van der Waals surface area contributed by atoms with Crippen molar-refractivity contribution in [1.82, 2.24) is 4.57 Å². The Labute approximate surface area is 84.2 Å². The molecule has 0 amide bonds. The fourth-order valence-electron chi connectivity index (χ4n) is 1.49. The average molecular weight is 186 g/mol. The van der Waals surface area contributed by atoms with Gasteiger partial charge in [0.15, 0.2) is 0 Å². The van der Waals surface area contributed by atoms with Gasteiger partial charge in [0.1, 0.15) is 0 Å². The lowest BCUT2D eigenvalue weighted by atomic mass is 10.2. The quantitative estimate of drug-likeness (QED) is 0.779. The Balaban J connectivity index is 2.31. The van der Waals surface area contributed by atoms with E-state index in [0.717, 1.165) is 6.54 Å². The summed E-state index contributed by atoms with van der Waals surface area (Å²) < 4.78 is 2.10. The Morgan fingerprint density at radius 3 is 2.64 bits per heavy atom. The zero-order chi connectivity index (χ0) is 9.80. The lowest BCUT2D eigenvalue weighted by Crippen LogP contribution is -1.97. The molecule has 72 valence electrons. The van der Waals surface area contributed by atoms with Crippen molar-refractivity contribution in [2.45, 2.75) is 6.92 Å². The van der Waals surface area contributed by atoms with Gasteiger partial charge >= 0.3 is 0 Å². The molecule has 2 nitrogen and oxygen atoms in total. The van der Waals surface area contributed by atoms with Crippen molar-refractivity contribution in [3.05, 3.63) is 48.8 Å². The molecule has 2 heteroatoms. The molecule has 0 fully saturated rings. The van der Waals surface area contributed by atoms with E-state index in [-0.39, 0.29) is 0 Å². The maximum absolute atomic E-state index is 3.30. The molecular formula is C12H14N2. The Morgan fingerprint density at radius 2 is 1.93 bits per heavy atom. The number of benzene rings is 1. The van der Waals surface area contributed by atoms with Gasteiger partial charge in [-0.05, 0) is 37.3 Å². The third-order valence-electron chi connectivity index (χ3n) is 2.13. The number of hydrogen-bond donors (Lipinski definition) is 1. The van der Waals surface area contributed by atoms with Gasteiger partial charge in [0, 0.05) is 30.3 Å². The monoisotopic (exact) mass is 186 g/mol. The molecule has 0 saturated carbocycles. The highest BCUT2D eigenvalue weighted by atomic mass is 14.9.